The molecule has 0 spiro atoms. The van der Waals surface area contributed by atoms with Crippen molar-refractivity contribution in [3.05, 3.63) is 40.4 Å². The van der Waals surface area contributed by atoms with E-state index in [-0.39, 0.29) is 27.8 Å². The molecule has 0 radical (unpaired) electrons. The Morgan fingerprint density at radius 1 is 1.18 bits per heavy atom. The molecular weight excluding hydrogens is 531 g/mol. The minimum absolute atomic E-state index is 0.0438. The highest BCUT2D eigenvalue weighted by Crippen LogP contribution is 2.45. The molecule has 0 saturated carbocycles. The number of hydrogen-bond acceptors (Lipinski definition) is 6. The van der Waals surface area contributed by atoms with Crippen molar-refractivity contribution in [3.63, 3.8) is 0 Å². The van der Waals surface area contributed by atoms with Crippen molar-refractivity contribution in [2.45, 2.75) is 6.42 Å². The molecule has 0 bridgehead atoms. The van der Waals surface area contributed by atoms with Crippen LogP contribution < -0.4 is 14.8 Å². The molecule has 2 amide bonds. The maximum atomic E-state index is 14.0. The molecule has 3 heterocycles. The van der Waals surface area contributed by atoms with Crippen LogP contribution in [0.25, 0.3) is 5.57 Å². The number of piperazine rings is 1. The number of carbonyl (C=O) groups is 2. The number of fused-ring (bicyclic) bond motifs is 1. The maximum Gasteiger partial charge on any atom is 0.259 e. The number of methoxy groups -OCH3 is 2. The van der Waals surface area contributed by atoms with Gasteiger partial charge in [-0.15, -0.1) is 0 Å². The number of carbonyl (C=O) groups excluding carboxylic acids is 2. The highest BCUT2D eigenvalue weighted by atomic mass is 35.5. The van der Waals surface area contributed by atoms with Crippen molar-refractivity contribution in [1.82, 2.24) is 20.0 Å². The van der Waals surface area contributed by atoms with Gasteiger partial charge in [0.25, 0.3) is 5.91 Å². The third-order valence-corrected chi connectivity index (χ3v) is 7.67. The van der Waals surface area contributed by atoms with E-state index in [0.717, 1.165) is 26.1 Å². The van der Waals surface area contributed by atoms with Gasteiger partial charge in [0.05, 0.1) is 30.2 Å². The SMILES string of the molecule is C=CC(=O)N1CCN(CCCN2C(=O)C(c3c(Cl)c(OC)cc(OC)c3Cl)=CC3CNC(=NC)N=C32)CC1. The lowest BCUT2D eigenvalue weighted by atomic mass is 9.91. The molecule has 0 aromatic heterocycles. The molecular formula is C26H32Cl2N6O4. The number of ether oxygens (including phenoxy) is 2. The first kappa shape index (κ1) is 27.9. The van der Waals surface area contributed by atoms with Gasteiger partial charge < -0.3 is 19.7 Å². The summed E-state index contributed by atoms with van der Waals surface area (Å²) in [4.78, 5) is 40.4. The number of guanidine groups is 1. The van der Waals surface area contributed by atoms with Gasteiger partial charge in [0.2, 0.25) is 11.9 Å². The van der Waals surface area contributed by atoms with Crippen LogP contribution in [-0.2, 0) is 9.59 Å². The molecule has 1 atom stereocenters. The van der Waals surface area contributed by atoms with Crippen molar-refractivity contribution < 1.29 is 19.1 Å². The Morgan fingerprint density at radius 2 is 1.84 bits per heavy atom. The second kappa shape index (κ2) is 12.2. The summed E-state index contributed by atoms with van der Waals surface area (Å²) in [5, 5.41) is 3.67. The normalized spacial score (nSPS) is 20.9. The minimum atomic E-state index is -0.252. The Kier molecular flexibility index (Phi) is 8.96. The van der Waals surface area contributed by atoms with Crippen LogP contribution in [0.15, 0.2) is 34.8 Å². The number of nitrogens with one attached hydrogen (secondary N) is 1. The minimum Gasteiger partial charge on any atom is -0.495 e. The zero-order chi connectivity index (χ0) is 27.4. The van der Waals surface area contributed by atoms with E-state index in [0.29, 0.717) is 60.6 Å². The lowest BCUT2D eigenvalue weighted by Gasteiger charge is -2.37. The van der Waals surface area contributed by atoms with E-state index >= 15 is 0 Å². The third kappa shape index (κ3) is 5.52. The average molecular weight is 563 g/mol. The smallest absolute Gasteiger partial charge is 0.259 e. The van der Waals surface area contributed by atoms with E-state index in [1.54, 1.807) is 22.9 Å². The first-order chi connectivity index (χ1) is 18.3. The predicted molar refractivity (Wildman–Crippen MR) is 149 cm³/mol. The largest absolute Gasteiger partial charge is 0.495 e. The first-order valence-corrected chi connectivity index (χ1v) is 13.1. The fourth-order valence-electron chi connectivity index (χ4n) is 4.87. The highest BCUT2D eigenvalue weighted by molar-refractivity contribution is 6.43. The number of halogens is 2. The zero-order valence-corrected chi connectivity index (χ0v) is 23.3. The summed E-state index contributed by atoms with van der Waals surface area (Å²) < 4.78 is 10.8. The molecule has 10 nitrogen and oxygen atoms in total. The number of benzene rings is 1. The van der Waals surface area contributed by atoms with Gasteiger partial charge in [-0.1, -0.05) is 35.9 Å². The Hall–Kier alpha value is -3.08. The molecule has 3 aliphatic rings. The van der Waals surface area contributed by atoms with Crippen molar-refractivity contribution in [2.24, 2.45) is 15.9 Å². The van der Waals surface area contributed by atoms with Gasteiger partial charge in [0.1, 0.15) is 17.3 Å². The number of nitrogens with zero attached hydrogens (tertiary/aromatic N) is 5. The number of aliphatic imine (C=N–C) groups is 2. The van der Waals surface area contributed by atoms with Gasteiger partial charge in [-0.3, -0.25) is 24.4 Å². The van der Waals surface area contributed by atoms with Gasteiger partial charge in [0.15, 0.2) is 0 Å². The van der Waals surface area contributed by atoms with Crippen LogP contribution in [0.4, 0.5) is 0 Å². The number of amides is 2. The Morgan fingerprint density at radius 3 is 2.42 bits per heavy atom. The summed E-state index contributed by atoms with van der Waals surface area (Å²) in [5.74, 6) is 1.36. The van der Waals surface area contributed by atoms with E-state index in [9.17, 15) is 9.59 Å². The Labute approximate surface area is 232 Å². The molecule has 204 valence electrons. The van der Waals surface area contributed by atoms with Gasteiger partial charge in [-0.2, -0.15) is 4.99 Å². The zero-order valence-electron chi connectivity index (χ0n) is 21.8. The van der Waals surface area contributed by atoms with Crippen LogP contribution in [0.2, 0.25) is 10.0 Å². The summed E-state index contributed by atoms with van der Waals surface area (Å²) in [5.41, 5.74) is 0.743. The number of rotatable bonds is 8. The van der Waals surface area contributed by atoms with Crippen LogP contribution in [0.1, 0.15) is 12.0 Å². The number of hydrogen-bond donors (Lipinski definition) is 1. The van der Waals surface area contributed by atoms with Gasteiger partial charge >= 0.3 is 0 Å². The van der Waals surface area contributed by atoms with Crippen LogP contribution in [-0.4, -0.2) is 105 Å². The van der Waals surface area contributed by atoms with Crippen LogP contribution in [0, 0.1) is 5.92 Å². The van der Waals surface area contributed by atoms with Crippen molar-refractivity contribution >= 4 is 52.4 Å². The Balaban J connectivity index is 1.59. The standard InChI is InChI=1S/C26H32Cl2N6O4/c1-5-20(35)33-11-9-32(10-12-33)7-6-8-34-24-16(15-30-26(29-2)31-24)13-17(25(34)36)21-22(27)18(37-3)14-19(38-4)23(21)28/h5,13-14,16H,1,6-12,15H2,2-4H3,(H,29,30). The van der Waals surface area contributed by atoms with Gasteiger partial charge in [0, 0.05) is 63.5 Å². The van der Waals surface area contributed by atoms with Gasteiger partial charge in [-0.05, 0) is 19.0 Å². The molecule has 1 aromatic carbocycles. The summed E-state index contributed by atoms with van der Waals surface area (Å²) >= 11 is 13.4. The highest BCUT2D eigenvalue weighted by Gasteiger charge is 2.38. The quantitative estimate of drug-likeness (QED) is 0.489. The summed E-state index contributed by atoms with van der Waals surface area (Å²) in [6.07, 6.45) is 3.91. The van der Waals surface area contributed by atoms with E-state index in [4.69, 9.17) is 32.7 Å². The predicted octanol–water partition coefficient (Wildman–Crippen LogP) is 2.56. The molecule has 12 heteroatoms. The number of amidine groups is 1. The van der Waals surface area contributed by atoms with Gasteiger partial charge in [-0.25, -0.2) is 0 Å². The average Bonchev–Trinajstić information content (AvgIpc) is 2.94. The molecule has 38 heavy (non-hydrogen) atoms. The Bertz CT molecular complexity index is 1180. The van der Waals surface area contributed by atoms with E-state index in [2.05, 4.69) is 26.8 Å². The lowest BCUT2D eigenvalue weighted by molar-refractivity contribution is -0.127. The van der Waals surface area contributed by atoms with Crippen molar-refractivity contribution in [1.29, 1.82) is 0 Å². The van der Waals surface area contributed by atoms with E-state index in [1.165, 1.54) is 20.3 Å². The lowest BCUT2D eigenvalue weighted by Crippen LogP contribution is -2.52. The fourth-order valence-corrected chi connectivity index (χ4v) is 5.57. The van der Waals surface area contributed by atoms with Crippen LogP contribution >= 0.6 is 23.2 Å². The molecule has 1 saturated heterocycles. The fraction of sp³-hybridized carbons (Fsp3) is 0.462. The third-order valence-electron chi connectivity index (χ3n) is 6.92. The van der Waals surface area contributed by atoms with E-state index < -0.39 is 0 Å². The first-order valence-electron chi connectivity index (χ1n) is 12.4. The molecule has 4 rings (SSSR count). The molecule has 1 N–H and O–H groups in total. The van der Waals surface area contributed by atoms with Crippen molar-refractivity contribution in [2.75, 3.05) is 67.1 Å². The molecule has 3 aliphatic heterocycles. The van der Waals surface area contributed by atoms with Crippen LogP contribution in [0.3, 0.4) is 0 Å². The molecule has 1 unspecified atom stereocenters. The monoisotopic (exact) mass is 562 g/mol. The van der Waals surface area contributed by atoms with Crippen molar-refractivity contribution in [3.8, 4) is 11.5 Å². The summed E-state index contributed by atoms with van der Waals surface area (Å²) in [7, 11) is 4.65. The molecule has 1 aromatic rings. The summed E-state index contributed by atoms with van der Waals surface area (Å²) in [6.45, 7) is 8.17. The van der Waals surface area contributed by atoms with E-state index in [1.807, 2.05) is 6.08 Å². The second-order valence-corrected chi connectivity index (χ2v) is 9.81. The second-order valence-electron chi connectivity index (χ2n) is 9.05. The molecule has 0 aliphatic carbocycles. The molecule has 1 fully saturated rings. The topological polar surface area (TPSA) is 99.1 Å². The maximum absolute atomic E-state index is 14.0. The summed E-state index contributed by atoms with van der Waals surface area (Å²) in [6, 6.07) is 1.60. The van der Waals surface area contributed by atoms with Crippen LogP contribution in [0.5, 0.6) is 11.5 Å².